The van der Waals surface area contributed by atoms with Gasteiger partial charge in [0.05, 0.1) is 12.2 Å². The molecule has 1 aliphatic carbocycles. The van der Waals surface area contributed by atoms with Crippen LogP contribution in [-0.4, -0.2) is 33.9 Å². The quantitative estimate of drug-likeness (QED) is 0.870. The molecule has 1 saturated carbocycles. The lowest BCUT2D eigenvalue weighted by Crippen LogP contribution is -2.43. The van der Waals surface area contributed by atoms with Gasteiger partial charge in [-0.2, -0.15) is 0 Å². The van der Waals surface area contributed by atoms with Crippen LogP contribution < -0.4 is 5.32 Å². The summed E-state index contributed by atoms with van der Waals surface area (Å²) < 4.78 is 1.78. The standard InChI is InChI=1S/C16H18N4O/c21-16(15-10-20(19-18-15)14-8-17-9-14)13-6-4-12(5-7-13)11-2-1-3-11/h4-7,10-11,14,17H,1-3,8-9H2. The number of aromatic nitrogens is 3. The first-order valence-corrected chi connectivity index (χ1v) is 7.58. The minimum Gasteiger partial charge on any atom is -0.312 e. The predicted molar refractivity (Wildman–Crippen MR) is 78.4 cm³/mol. The van der Waals surface area contributed by atoms with Crippen LogP contribution in [0.5, 0.6) is 0 Å². The van der Waals surface area contributed by atoms with Crippen molar-refractivity contribution in [3.05, 3.63) is 47.3 Å². The monoisotopic (exact) mass is 282 g/mol. The maximum Gasteiger partial charge on any atom is 0.214 e. The zero-order chi connectivity index (χ0) is 14.2. The van der Waals surface area contributed by atoms with Gasteiger partial charge in [-0.15, -0.1) is 5.10 Å². The van der Waals surface area contributed by atoms with Gasteiger partial charge in [-0.3, -0.25) is 4.79 Å². The van der Waals surface area contributed by atoms with Crippen molar-refractivity contribution in [1.29, 1.82) is 0 Å². The van der Waals surface area contributed by atoms with E-state index >= 15 is 0 Å². The van der Waals surface area contributed by atoms with Gasteiger partial charge in [-0.1, -0.05) is 35.9 Å². The Morgan fingerprint density at radius 1 is 1.19 bits per heavy atom. The van der Waals surface area contributed by atoms with Crippen LogP contribution in [0.25, 0.3) is 0 Å². The van der Waals surface area contributed by atoms with Crippen LogP contribution in [-0.2, 0) is 0 Å². The van der Waals surface area contributed by atoms with E-state index < -0.39 is 0 Å². The lowest BCUT2D eigenvalue weighted by Gasteiger charge is -2.26. The molecule has 108 valence electrons. The lowest BCUT2D eigenvalue weighted by atomic mass is 9.80. The highest BCUT2D eigenvalue weighted by molar-refractivity contribution is 6.07. The van der Waals surface area contributed by atoms with Gasteiger partial charge in [0.1, 0.15) is 0 Å². The molecule has 5 heteroatoms. The van der Waals surface area contributed by atoms with Crippen LogP contribution in [0.2, 0.25) is 0 Å². The molecular formula is C16H18N4O. The minimum atomic E-state index is -0.0475. The van der Waals surface area contributed by atoms with Crippen molar-refractivity contribution in [2.45, 2.75) is 31.2 Å². The van der Waals surface area contributed by atoms with Crippen molar-refractivity contribution in [3.63, 3.8) is 0 Å². The zero-order valence-corrected chi connectivity index (χ0v) is 11.8. The Bertz CT molecular complexity index is 653. The van der Waals surface area contributed by atoms with E-state index in [2.05, 4.69) is 27.8 Å². The van der Waals surface area contributed by atoms with Crippen molar-refractivity contribution in [2.75, 3.05) is 13.1 Å². The van der Waals surface area contributed by atoms with Gasteiger partial charge in [0, 0.05) is 18.7 Å². The van der Waals surface area contributed by atoms with Crippen molar-refractivity contribution in [3.8, 4) is 0 Å². The highest BCUT2D eigenvalue weighted by Crippen LogP contribution is 2.36. The van der Waals surface area contributed by atoms with Crippen LogP contribution >= 0.6 is 0 Å². The Kier molecular flexibility index (Phi) is 3.07. The summed E-state index contributed by atoms with van der Waals surface area (Å²) >= 11 is 0. The largest absolute Gasteiger partial charge is 0.312 e. The summed E-state index contributed by atoms with van der Waals surface area (Å²) in [6.45, 7) is 1.79. The molecule has 0 unspecified atom stereocenters. The van der Waals surface area contributed by atoms with E-state index in [-0.39, 0.29) is 5.78 Å². The van der Waals surface area contributed by atoms with Gasteiger partial charge < -0.3 is 5.32 Å². The summed E-state index contributed by atoms with van der Waals surface area (Å²) in [5, 5.41) is 11.3. The van der Waals surface area contributed by atoms with E-state index in [4.69, 9.17) is 0 Å². The van der Waals surface area contributed by atoms with Crippen molar-refractivity contribution in [2.24, 2.45) is 0 Å². The first-order chi connectivity index (χ1) is 10.3. The third-order valence-electron chi connectivity index (χ3n) is 4.63. The summed E-state index contributed by atoms with van der Waals surface area (Å²) in [6, 6.07) is 8.33. The third-order valence-corrected chi connectivity index (χ3v) is 4.63. The molecule has 0 amide bonds. The predicted octanol–water partition coefficient (Wildman–Crippen LogP) is 1.92. The molecule has 1 aliphatic heterocycles. The molecular weight excluding hydrogens is 264 g/mol. The Morgan fingerprint density at radius 2 is 1.95 bits per heavy atom. The molecule has 2 aromatic rings. The summed E-state index contributed by atoms with van der Waals surface area (Å²) in [7, 11) is 0. The Balaban J connectivity index is 1.51. The number of ketones is 1. The molecule has 4 rings (SSSR count). The highest BCUT2D eigenvalue weighted by atomic mass is 16.1. The summed E-state index contributed by atoms with van der Waals surface area (Å²) in [6.07, 6.45) is 5.63. The van der Waals surface area contributed by atoms with Crippen LogP contribution in [0.4, 0.5) is 0 Å². The molecule has 1 aromatic heterocycles. The molecule has 21 heavy (non-hydrogen) atoms. The van der Waals surface area contributed by atoms with E-state index in [1.165, 1.54) is 24.8 Å². The SMILES string of the molecule is O=C(c1ccc(C2CCC2)cc1)c1cn(C2CNC2)nn1. The van der Waals surface area contributed by atoms with Gasteiger partial charge >= 0.3 is 0 Å². The number of carbonyl (C=O) groups is 1. The van der Waals surface area contributed by atoms with Gasteiger partial charge in [0.25, 0.3) is 0 Å². The number of nitrogens with zero attached hydrogens (tertiary/aromatic N) is 3. The zero-order valence-electron chi connectivity index (χ0n) is 11.8. The van der Waals surface area contributed by atoms with E-state index in [1.54, 1.807) is 10.9 Å². The fraction of sp³-hybridized carbons (Fsp3) is 0.438. The second-order valence-electron chi connectivity index (χ2n) is 5.97. The van der Waals surface area contributed by atoms with Crippen molar-refractivity contribution < 1.29 is 4.79 Å². The molecule has 1 aromatic carbocycles. The number of carbonyl (C=O) groups excluding carboxylic acids is 1. The number of nitrogens with one attached hydrogen (secondary N) is 1. The first kappa shape index (κ1) is 12.7. The lowest BCUT2D eigenvalue weighted by molar-refractivity contribution is 0.103. The number of benzene rings is 1. The minimum absolute atomic E-state index is 0.0475. The molecule has 2 fully saturated rings. The topological polar surface area (TPSA) is 59.8 Å². The van der Waals surface area contributed by atoms with Crippen molar-refractivity contribution in [1.82, 2.24) is 20.3 Å². The molecule has 1 saturated heterocycles. The Morgan fingerprint density at radius 3 is 2.52 bits per heavy atom. The van der Waals surface area contributed by atoms with E-state index in [0.717, 1.165) is 13.1 Å². The maximum atomic E-state index is 12.4. The average molecular weight is 282 g/mol. The van der Waals surface area contributed by atoms with Crippen molar-refractivity contribution >= 4 is 5.78 Å². The van der Waals surface area contributed by atoms with E-state index in [1.807, 2.05) is 12.1 Å². The second-order valence-corrected chi connectivity index (χ2v) is 5.97. The second kappa shape index (κ2) is 5.07. The van der Waals surface area contributed by atoms with Gasteiger partial charge in [0.2, 0.25) is 5.78 Å². The number of hydrogen-bond acceptors (Lipinski definition) is 4. The fourth-order valence-corrected chi connectivity index (χ4v) is 2.82. The first-order valence-electron chi connectivity index (χ1n) is 7.58. The van der Waals surface area contributed by atoms with E-state index in [0.29, 0.717) is 23.2 Å². The molecule has 1 N–H and O–H groups in total. The molecule has 0 atom stereocenters. The van der Waals surface area contributed by atoms with Crippen LogP contribution in [0.3, 0.4) is 0 Å². The molecule has 0 radical (unpaired) electrons. The average Bonchev–Trinajstić information content (AvgIpc) is 2.84. The van der Waals surface area contributed by atoms with Gasteiger partial charge in [0.15, 0.2) is 5.69 Å². The molecule has 5 nitrogen and oxygen atoms in total. The fourth-order valence-electron chi connectivity index (χ4n) is 2.82. The van der Waals surface area contributed by atoms with Crippen LogP contribution in [0.1, 0.15) is 52.8 Å². The third kappa shape index (κ3) is 2.27. The highest BCUT2D eigenvalue weighted by Gasteiger charge is 2.23. The summed E-state index contributed by atoms with van der Waals surface area (Å²) in [5.41, 5.74) is 2.47. The Labute approximate surface area is 123 Å². The number of hydrogen-bond donors (Lipinski definition) is 1. The maximum absolute atomic E-state index is 12.4. The van der Waals surface area contributed by atoms with Crippen LogP contribution in [0, 0.1) is 0 Å². The summed E-state index contributed by atoms with van der Waals surface area (Å²) in [4.78, 5) is 12.4. The van der Waals surface area contributed by atoms with Gasteiger partial charge in [-0.25, -0.2) is 4.68 Å². The number of rotatable bonds is 4. The summed E-state index contributed by atoms with van der Waals surface area (Å²) in [5.74, 6) is 0.648. The normalized spacial score (nSPS) is 19.0. The van der Waals surface area contributed by atoms with Gasteiger partial charge in [-0.05, 0) is 24.3 Å². The molecule has 2 aliphatic rings. The molecule has 0 spiro atoms. The smallest absolute Gasteiger partial charge is 0.214 e. The molecule has 0 bridgehead atoms. The molecule has 2 heterocycles. The Hall–Kier alpha value is -2.01. The van der Waals surface area contributed by atoms with E-state index in [9.17, 15) is 4.79 Å². The van der Waals surface area contributed by atoms with Crippen LogP contribution in [0.15, 0.2) is 30.5 Å².